The van der Waals surface area contributed by atoms with Gasteiger partial charge in [-0.05, 0) is 44.5 Å². The molecule has 0 aliphatic rings. The number of fused-ring (bicyclic) bond motifs is 1. The van der Waals surface area contributed by atoms with Crippen LogP contribution < -0.4 is 4.74 Å². The second kappa shape index (κ2) is 9.49. The van der Waals surface area contributed by atoms with Crippen molar-refractivity contribution < 1.29 is 22.7 Å². The van der Waals surface area contributed by atoms with Gasteiger partial charge in [0.1, 0.15) is 18.2 Å². The lowest BCUT2D eigenvalue weighted by Gasteiger charge is -2.20. The average Bonchev–Trinajstić information content (AvgIpc) is 2.69. The molecule has 0 fully saturated rings. The van der Waals surface area contributed by atoms with Crippen molar-refractivity contribution >= 4 is 18.5 Å². The van der Waals surface area contributed by atoms with Crippen LogP contribution in [0.3, 0.4) is 0 Å². The highest BCUT2D eigenvalue weighted by molar-refractivity contribution is 7.53. The van der Waals surface area contributed by atoms with Crippen molar-refractivity contribution in [3.8, 4) is 5.75 Å². The minimum absolute atomic E-state index is 0.0233. The van der Waals surface area contributed by atoms with Crippen LogP contribution in [0, 0.1) is 12.7 Å². The van der Waals surface area contributed by atoms with Crippen LogP contribution in [0.4, 0.5) is 4.39 Å². The summed E-state index contributed by atoms with van der Waals surface area (Å²) in [7, 11) is -3.34. The van der Waals surface area contributed by atoms with Gasteiger partial charge in [-0.3, -0.25) is 9.55 Å². The maximum Gasteiger partial charge on any atom is 0.336 e. The number of ether oxygens (including phenoxy) is 1. The Kier molecular flexibility index (Phi) is 7.01. The standard InChI is InChI=1S/C22H25FNO4P/c1-4-27-29(25,28-5-2)15-21-16(3)22(26-14-17-9-7-6-8-10-17)19-13-18(23)11-12-20(19)24-21/h6-13H,4-5,14-15H2,1-3H3. The van der Waals surface area contributed by atoms with Crippen LogP contribution in [-0.2, 0) is 26.4 Å². The molecular formula is C22H25FNO4P. The summed E-state index contributed by atoms with van der Waals surface area (Å²) in [5, 5.41) is 0.574. The van der Waals surface area contributed by atoms with Crippen molar-refractivity contribution in [2.75, 3.05) is 13.2 Å². The smallest absolute Gasteiger partial charge is 0.336 e. The number of hydrogen-bond acceptors (Lipinski definition) is 5. The zero-order chi connectivity index (χ0) is 20.9. The van der Waals surface area contributed by atoms with Gasteiger partial charge in [0.25, 0.3) is 0 Å². The average molecular weight is 417 g/mol. The van der Waals surface area contributed by atoms with Crippen LogP contribution in [0.25, 0.3) is 10.9 Å². The summed E-state index contributed by atoms with van der Waals surface area (Å²) in [6, 6.07) is 14.1. The van der Waals surface area contributed by atoms with E-state index >= 15 is 0 Å². The highest BCUT2D eigenvalue weighted by Gasteiger charge is 2.27. The molecule has 29 heavy (non-hydrogen) atoms. The quantitative estimate of drug-likeness (QED) is 0.398. The molecule has 0 radical (unpaired) electrons. The van der Waals surface area contributed by atoms with Gasteiger partial charge < -0.3 is 13.8 Å². The van der Waals surface area contributed by atoms with Crippen molar-refractivity contribution in [3.63, 3.8) is 0 Å². The summed E-state index contributed by atoms with van der Waals surface area (Å²) in [5.74, 6) is 0.151. The summed E-state index contributed by atoms with van der Waals surface area (Å²) in [4.78, 5) is 4.60. The molecule has 0 saturated carbocycles. The Morgan fingerprint density at radius 2 is 1.72 bits per heavy atom. The maximum absolute atomic E-state index is 13.9. The first-order valence-corrected chi connectivity index (χ1v) is 11.3. The molecule has 0 bridgehead atoms. The van der Waals surface area contributed by atoms with Crippen LogP contribution in [-0.4, -0.2) is 18.2 Å². The Hall–Kier alpha value is -2.27. The topological polar surface area (TPSA) is 57.7 Å². The molecule has 5 nitrogen and oxygen atoms in total. The maximum atomic E-state index is 13.9. The molecule has 0 saturated heterocycles. The van der Waals surface area contributed by atoms with Crippen LogP contribution >= 0.6 is 7.60 Å². The number of nitrogens with zero attached hydrogens (tertiary/aromatic N) is 1. The molecule has 0 atom stereocenters. The second-order valence-corrected chi connectivity index (χ2v) is 8.61. The molecule has 1 aromatic heterocycles. The van der Waals surface area contributed by atoms with Gasteiger partial charge in [0.2, 0.25) is 0 Å². The zero-order valence-electron chi connectivity index (χ0n) is 16.9. The third-order valence-corrected chi connectivity index (χ3v) is 6.44. The highest BCUT2D eigenvalue weighted by Crippen LogP contribution is 2.52. The Balaban J connectivity index is 2.04. The summed E-state index contributed by atoms with van der Waals surface area (Å²) in [5.41, 5.74) is 2.80. The fourth-order valence-corrected chi connectivity index (χ4v) is 4.84. The van der Waals surface area contributed by atoms with Gasteiger partial charge in [-0.2, -0.15) is 0 Å². The molecule has 1 heterocycles. The monoisotopic (exact) mass is 417 g/mol. The van der Waals surface area contributed by atoms with Gasteiger partial charge in [-0.25, -0.2) is 4.39 Å². The Morgan fingerprint density at radius 3 is 2.38 bits per heavy atom. The first kappa shape index (κ1) is 21.4. The lowest BCUT2D eigenvalue weighted by atomic mass is 10.1. The summed E-state index contributed by atoms with van der Waals surface area (Å²) in [6.45, 7) is 6.23. The molecule has 0 N–H and O–H groups in total. The van der Waals surface area contributed by atoms with E-state index in [1.54, 1.807) is 19.9 Å². The fourth-order valence-electron chi connectivity index (χ4n) is 3.12. The lowest BCUT2D eigenvalue weighted by molar-refractivity contribution is 0.219. The largest absolute Gasteiger partial charge is 0.488 e. The number of pyridine rings is 1. The van der Waals surface area contributed by atoms with E-state index in [1.807, 2.05) is 37.3 Å². The van der Waals surface area contributed by atoms with E-state index in [-0.39, 0.29) is 25.2 Å². The summed E-state index contributed by atoms with van der Waals surface area (Å²) >= 11 is 0. The molecule has 0 aliphatic heterocycles. The van der Waals surface area contributed by atoms with E-state index in [0.29, 0.717) is 34.5 Å². The molecule has 154 valence electrons. The number of halogens is 1. The van der Waals surface area contributed by atoms with Crippen molar-refractivity contribution in [2.24, 2.45) is 0 Å². The molecule has 3 rings (SSSR count). The van der Waals surface area contributed by atoms with E-state index in [9.17, 15) is 8.96 Å². The molecule has 0 aliphatic carbocycles. The van der Waals surface area contributed by atoms with E-state index in [0.717, 1.165) is 5.56 Å². The normalized spacial score (nSPS) is 11.7. The number of hydrogen-bond donors (Lipinski definition) is 0. The van der Waals surface area contributed by atoms with E-state index in [2.05, 4.69) is 4.98 Å². The SMILES string of the molecule is CCOP(=O)(Cc1nc2ccc(F)cc2c(OCc2ccccc2)c1C)OCC. The van der Waals surface area contributed by atoms with E-state index < -0.39 is 7.60 Å². The zero-order valence-corrected chi connectivity index (χ0v) is 17.7. The molecule has 2 aromatic carbocycles. The van der Waals surface area contributed by atoms with Crippen molar-refractivity contribution in [2.45, 2.75) is 33.5 Å². The van der Waals surface area contributed by atoms with Crippen molar-refractivity contribution in [1.29, 1.82) is 0 Å². The van der Waals surface area contributed by atoms with E-state index in [1.165, 1.54) is 12.1 Å². The Bertz CT molecular complexity index is 1020. The minimum atomic E-state index is -3.34. The molecule has 0 unspecified atom stereocenters. The number of aromatic nitrogens is 1. The second-order valence-electron chi connectivity index (χ2n) is 6.55. The van der Waals surface area contributed by atoms with Crippen molar-refractivity contribution in [3.05, 3.63) is 71.2 Å². The van der Waals surface area contributed by atoms with Gasteiger partial charge in [-0.15, -0.1) is 0 Å². The summed E-state index contributed by atoms with van der Waals surface area (Å²) < 4.78 is 43.9. The Morgan fingerprint density at radius 1 is 1.03 bits per heavy atom. The third-order valence-electron chi connectivity index (χ3n) is 4.45. The third kappa shape index (κ3) is 5.21. The number of rotatable bonds is 9. The Labute approximate surface area is 170 Å². The first-order chi connectivity index (χ1) is 14.0. The van der Waals surface area contributed by atoms with Crippen LogP contribution in [0.5, 0.6) is 5.75 Å². The van der Waals surface area contributed by atoms with Gasteiger partial charge in [-0.1, -0.05) is 30.3 Å². The van der Waals surface area contributed by atoms with Crippen LogP contribution in [0.1, 0.15) is 30.7 Å². The van der Waals surface area contributed by atoms with Crippen molar-refractivity contribution in [1.82, 2.24) is 4.98 Å². The fraction of sp³-hybridized carbons (Fsp3) is 0.318. The molecule has 0 amide bonds. The van der Waals surface area contributed by atoms with E-state index in [4.69, 9.17) is 13.8 Å². The van der Waals surface area contributed by atoms with Crippen LogP contribution in [0.2, 0.25) is 0 Å². The number of benzene rings is 2. The molecular weight excluding hydrogens is 392 g/mol. The molecule has 0 spiro atoms. The first-order valence-electron chi connectivity index (χ1n) is 9.59. The van der Waals surface area contributed by atoms with Gasteiger partial charge in [0.05, 0.1) is 30.6 Å². The van der Waals surface area contributed by atoms with Gasteiger partial charge in [0.15, 0.2) is 0 Å². The van der Waals surface area contributed by atoms with Gasteiger partial charge >= 0.3 is 7.60 Å². The predicted octanol–water partition coefficient (Wildman–Crippen LogP) is 6.03. The predicted molar refractivity (Wildman–Crippen MR) is 112 cm³/mol. The molecule has 3 aromatic rings. The lowest BCUT2D eigenvalue weighted by Crippen LogP contribution is -2.06. The summed E-state index contributed by atoms with van der Waals surface area (Å²) in [6.07, 6.45) is 0.0233. The molecule has 7 heteroatoms. The minimum Gasteiger partial charge on any atom is -0.488 e. The van der Waals surface area contributed by atoms with Crippen LogP contribution in [0.15, 0.2) is 48.5 Å². The highest BCUT2D eigenvalue weighted by atomic mass is 31.2. The van der Waals surface area contributed by atoms with Gasteiger partial charge in [0, 0.05) is 10.9 Å².